The second-order valence-electron chi connectivity index (χ2n) is 9.37. The summed E-state index contributed by atoms with van der Waals surface area (Å²) < 4.78 is 57.3. The van der Waals surface area contributed by atoms with Gasteiger partial charge in [0.2, 0.25) is 10.0 Å². The summed E-state index contributed by atoms with van der Waals surface area (Å²) in [5, 5.41) is 4.61. The molecule has 0 radical (unpaired) electrons. The summed E-state index contributed by atoms with van der Waals surface area (Å²) in [5.74, 6) is 0.501. The van der Waals surface area contributed by atoms with Crippen LogP contribution in [0.5, 0.6) is 0 Å². The number of nitrogens with zero attached hydrogens (tertiary/aromatic N) is 4. The summed E-state index contributed by atoms with van der Waals surface area (Å²) in [6.45, 7) is 5.93. The molecule has 1 saturated heterocycles. The van der Waals surface area contributed by atoms with Crippen LogP contribution in [-0.2, 0) is 20.0 Å². The van der Waals surface area contributed by atoms with Crippen LogP contribution >= 0.6 is 0 Å². The van der Waals surface area contributed by atoms with Crippen molar-refractivity contribution in [2.24, 2.45) is 5.10 Å². The van der Waals surface area contributed by atoms with Crippen LogP contribution in [0, 0.1) is 13.8 Å². The molecule has 3 aromatic carbocycles. The van der Waals surface area contributed by atoms with Crippen LogP contribution < -0.4 is 0 Å². The highest BCUT2D eigenvalue weighted by Gasteiger charge is 2.55. The first-order valence-corrected chi connectivity index (χ1v) is 14.5. The maximum Gasteiger partial charge on any atom is 0.281 e. The van der Waals surface area contributed by atoms with Crippen LogP contribution in [-0.4, -0.2) is 61.6 Å². The molecule has 8 nitrogen and oxygen atoms in total. The van der Waals surface area contributed by atoms with Gasteiger partial charge in [-0.05, 0) is 45.0 Å². The number of hydrazone groups is 1. The Kier molecular flexibility index (Phi) is 5.93. The number of hydrogen-bond donors (Lipinski definition) is 0. The van der Waals surface area contributed by atoms with Crippen molar-refractivity contribution in [1.29, 1.82) is 0 Å². The van der Waals surface area contributed by atoms with Crippen molar-refractivity contribution in [2.45, 2.75) is 36.2 Å². The second kappa shape index (κ2) is 8.72. The van der Waals surface area contributed by atoms with E-state index in [0.717, 1.165) is 21.1 Å². The van der Waals surface area contributed by atoms with E-state index in [1.165, 1.54) is 4.31 Å². The fourth-order valence-electron chi connectivity index (χ4n) is 4.68. The van der Waals surface area contributed by atoms with Crippen molar-refractivity contribution < 1.29 is 16.8 Å². The molecular formula is C26H28N4O4S2. The van der Waals surface area contributed by atoms with Gasteiger partial charge in [-0.2, -0.15) is 17.1 Å². The summed E-state index contributed by atoms with van der Waals surface area (Å²) in [6.07, 6.45) is 0. The smallest absolute Gasteiger partial charge is 0.281 e. The molecule has 0 bridgehead atoms. The number of hydrogen-bond acceptors (Lipinski definition) is 6. The summed E-state index contributed by atoms with van der Waals surface area (Å²) in [6, 6.07) is 22.6. The van der Waals surface area contributed by atoms with E-state index in [1.54, 1.807) is 55.5 Å². The molecule has 3 aromatic rings. The summed E-state index contributed by atoms with van der Waals surface area (Å²) in [7, 11) is -7.92. The number of rotatable bonds is 5. The number of piperazine rings is 1. The Hall–Kier alpha value is -3.21. The SMILES string of the molecule is Cc1ccc(S(=O)(=O)N2CCN3C(c4ccccc4)=NN(S(=O)(=O)c4ccc(C)cc4)C3(C)C2)cc1. The van der Waals surface area contributed by atoms with Crippen LogP contribution in [0.2, 0.25) is 0 Å². The van der Waals surface area contributed by atoms with Gasteiger partial charge in [-0.25, -0.2) is 8.42 Å². The number of aryl methyl sites for hydroxylation is 2. The van der Waals surface area contributed by atoms with Gasteiger partial charge in [0, 0.05) is 18.7 Å². The Morgan fingerprint density at radius 3 is 1.81 bits per heavy atom. The molecule has 0 aliphatic carbocycles. The van der Waals surface area contributed by atoms with E-state index in [9.17, 15) is 16.8 Å². The molecule has 2 aliphatic rings. The van der Waals surface area contributed by atoms with Gasteiger partial charge < -0.3 is 4.90 Å². The monoisotopic (exact) mass is 524 g/mol. The summed E-state index contributed by atoms with van der Waals surface area (Å²) >= 11 is 0. The van der Waals surface area contributed by atoms with Gasteiger partial charge >= 0.3 is 0 Å². The highest BCUT2D eigenvalue weighted by atomic mass is 32.2. The Balaban J connectivity index is 1.59. The molecule has 188 valence electrons. The van der Waals surface area contributed by atoms with Gasteiger partial charge in [0.25, 0.3) is 10.0 Å². The quantitative estimate of drug-likeness (QED) is 0.510. The van der Waals surface area contributed by atoms with Crippen molar-refractivity contribution in [3.05, 3.63) is 95.6 Å². The lowest BCUT2D eigenvalue weighted by atomic mass is 10.1. The average Bonchev–Trinajstić information content (AvgIpc) is 3.18. The topological polar surface area (TPSA) is 90.4 Å². The first-order valence-electron chi connectivity index (χ1n) is 11.6. The molecule has 5 rings (SSSR count). The van der Waals surface area contributed by atoms with E-state index >= 15 is 0 Å². The van der Waals surface area contributed by atoms with Crippen LogP contribution in [0.4, 0.5) is 0 Å². The molecule has 0 aromatic heterocycles. The largest absolute Gasteiger partial charge is 0.327 e. The predicted octanol–water partition coefficient (Wildman–Crippen LogP) is 3.39. The van der Waals surface area contributed by atoms with E-state index < -0.39 is 25.7 Å². The predicted molar refractivity (Wildman–Crippen MR) is 138 cm³/mol. The molecule has 0 saturated carbocycles. The van der Waals surface area contributed by atoms with Crippen molar-refractivity contribution in [3.8, 4) is 0 Å². The summed E-state index contributed by atoms with van der Waals surface area (Å²) in [4.78, 5) is 2.18. The summed E-state index contributed by atoms with van der Waals surface area (Å²) in [5.41, 5.74) is 1.40. The molecule has 0 spiro atoms. The molecule has 36 heavy (non-hydrogen) atoms. The van der Waals surface area contributed by atoms with Crippen LogP contribution in [0.1, 0.15) is 23.6 Å². The van der Waals surface area contributed by atoms with Crippen molar-refractivity contribution in [2.75, 3.05) is 19.6 Å². The Morgan fingerprint density at radius 1 is 0.722 bits per heavy atom. The van der Waals surface area contributed by atoms with E-state index in [0.29, 0.717) is 5.84 Å². The van der Waals surface area contributed by atoms with Crippen molar-refractivity contribution in [3.63, 3.8) is 0 Å². The number of fused-ring (bicyclic) bond motifs is 1. The second-order valence-corrected chi connectivity index (χ2v) is 13.1. The van der Waals surface area contributed by atoms with Crippen LogP contribution in [0.15, 0.2) is 93.8 Å². The Bertz CT molecular complexity index is 1520. The molecule has 1 unspecified atom stereocenters. The maximum atomic E-state index is 13.9. The van der Waals surface area contributed by atoms with Gasteiger partial charge in [0.1, 0.15) is 0 Å². The third-order valence-electron chi connectivity index (χ3n) is 6.72. The molecule has 10 heteroatoms. The lowest BCUT2D eigenvalue weighted by molar-refractivity contribution is 0.0363. The molecule has 2 heterocycles. The average molecular weight is 525 g/mol. The van der Waals surface area contributed by atoms with Gasteiger partial charge in [-0.15, -0.1) is 5.10 Å². The fourth-order valence-corrected chi connectivity index (χ4v) is 7.74. The molecule has 2 aliphatic heterocycles. The van der Waals surface area contributed by atoms with E-state index in [4.69, 9.17) is 0 Å². The van der Waals surface area contributed by atoms with Gasteiger partial charge in [-0.1, -0.05) is 65.7 Å². The number of amidine groups is 1. The van der Waals surface area contributed by atoms with Crippen LogP contribution in [0.3, 0.4) is 0 Å². The molecule has 0 N–H and O–H groups in total. The van der Waals surface area contributed by atoms with Crippen molar-refractivity contribution in [1.82, 2.24) is 13.6 Å². The minimum absolute atomic E-state index is 0.0753. The highest BCUT2D eigenvalue weighted by Crippen LogP contribution is 2.39. The van der Waals surface area contributed by atoms with E-state index in [1.807, 2.05) is 49.1 Å². The zero-order chi connectivity index (χ0) is 25.7. The lowest BCUT2D eigenvalue weighted by Gasteiger charge is -2.47. The molecule has 0 amide bonds. The fraction of sp³-hybridized carbons (Fsp3) is 0.269. The van der Waals surface area contributed by atoms with Crippen LogP contribution in [0.25, 0.3) is 0 Å². The van der Waals surface area contributed by atoms with Crippen molar-refractivity contribution >= 4 is 25.9 Å². The Labute approximate surface area is 212 Å². The van der Waals surface area contributed by atoms with Gasteiger partial charge in [0.15, 0.2) is 11.5 Å². The minimum atomic E-state index is -4.08. The zero-order valence-electron chi connectivity index (χ0n) is 20.4. The lowest BCUT2D eigenvalue weighted by Crippen LogP contribution is -2.66. The minimum Gasteiger partial charge on any atom is -0.327 e. The van der Waals surface area contributed by atoms with E-state index in [2.05, 4.69) is 5.10 Å². The highest BCUT2D eigenvalue weighted by molar-refractivity contribution is 7.89. The zero-order valence-corrected chi connectivity index (χ0v) is 22.0. The molecular weight excluding hydrogens is 496 g/mol. The third kappa shape index (κ3) is 3.99. The molecule has 1 atom stereocenters. The first kappa shape index (κ1) is 24.5. The third-order valence-corrected chi connectivity index (χ3v) is 10.4. The standard InChI is InChI=1S/C26H28N4O4S2/c1-20-9-13-23(14-10-20)35(31,32)28-17-18-29-25(22-7-5-4-6-8-22)27-30(26(29,3)19-28)36(33,34)24-15-11-21(2)12-16-24/h4-16H,17-19H2,1-3H3. The number of benzene rings is 3. The Morgan fingerprint density at radius 2 is 1.25 bits per heavy atom. The van der Waals surface area contributed by atoms with Gasteiger partial charge in [-0.3, -0.25) is 0 Å². The molecule has 1 fully saturated rings. The number of sulfonamides is 2. The first-order chi connectivity index (χ1) is 17.0. The van der Waals surface area contributed by atoms with Gasteiger partial charge in [0.05, 0.1) is 16.3 Å². The van der Waals surface area contributed by atoms with E-state index in [-0.39, 0.29) is 29.4 Å². The maximum absolute atomic E-state index is 13.9. The normalized spacial score (nSPS) is 20.8.